The van der Waals surface area contributed by atoms with Gasteiger partial charge in [0, 0.05) is 26.6 Å². The van der Waals surface area contributed by atoms with Crippen molar-refractivity contribution in [2.45, 2.75) is 19.4 Å². The van der Waals surface area contributed by atoms with E-state index in [4.69, 9.17) is 9.26 Å². The van der Waals surface area contributed by atoms with Crippen LogP contribution in [-0.2, 0) is 11.2 Å². The Labute approximate surface area is 135 Å². The van der Waals surface area contributed by atoms with Crippen molar-refractivity contribution in [2.24, 2.45) is 0 Å². The first-order chi connectivity index (χ1) is 11.0. The quantitative estimate of drug-likeness (QED) is 0.830. The van der Waals surface area contributed by atoms with Crippen LogP contribution < -0.4 is 10.1 Å². The van der Waals surface area contributed by atoms with E-state index in [2.05, 4.69) is 15.5 Å². The molecule has 124 valence electrons. The van der Waals surface area contributed by atoms with Gasteiger partial charge in [0.25, 0.3) is 11.8 Å². The second-order valence-electron chi connectivity index (χ2n) is 5.48. The van der Waals surface area contributed by atoms with Crippen LogP contribution in [0.3, 0.4) is 0 Å². The van der Waals surface area contributed by atoms with E-state index in [0.717, 1.165) is 0 Å². The molecular formula is C16H22N4O3. The summed E-state index contributed by atoms with van der Waals surface area (Å²) in [6, 6.07) is 7.55. The lowest BCUT2D eigenvalue weighted by Crippen LogP contribution is -2.27. The van der Waals surface area contributed by atoms with Gasteiger partial charge in [-0.2, -0.15) is 4.98 Å². The number of para-hydroxylation sites is 1. The summed E-state index contributed by atoms with van der Waals surface area (Å²) in [4.78, 5) is 17.5. The molecule has 2 rings (SSSR count). The molecule has 1 amide bonds. The number of hydrogen-bond acceptors (Lipinski definition) is 6. The van der Waals surface area contributed by atoms with Crippen LogP contribution in [0.4, 0.5) is 0 Å². The number of carbonyl (C=O) groups excluding carboxylic acids is 1. The fraction of sp³-hybridized carbons (Fsp3) is 0.438. The Kier molecular flexibility index (Phi) is 5.70. The zero-order valence-electron chi connectivity index (χ0n) is 13.9. The summed E-state index contributed by atoms with van der Waals surface area (Å²) in [5.41, 5.74) is 0.676. The fourth-order valence-electron chi connectivity index (χ4n) is 1.86. The fourth-order valence-corrected chi connectivity index (χ4v) is 1.86. The molecule has 1 heterocycles. The van der Waals surface area contributed by atoms with Crippen LogP contribution in [0.5, 0.6) is 5.75 Å². The van der Waals surface area contributed by atoms with Crippen LogP contribution in [0.2, 0.25) is 0 Å². The van der Waals surface area contributed by atoms with E-state index in [1.807, 2.05) is 32.2 Å². The van der Waals surface area contributed by atoms with Crippen LogP contribution in [0.25, 0.3) is 11.5 Å². The molecule has 0 bridgehead atoms. The van der Waals surface area contributed by atoms with E-state index in [9.17, 15) is 4.79 Å². The lowest BCUT2D eigenvalue weighted by molar-refractivity contribution is -0.130. The highest BCUT2D eigenvalue weighted by molar-refractivity contribution is 5.77. The highest BCUT2D eigenvalue weighted by Crippen LogP contribution is 2.28. The average molecular weight is 318 g/mol. The zero-order valence-corrected chi connectivity index (χ0v) is 13.9. The SMILES string of the molecule is CNC(C)Cc1noc(-c2ccccc2OCC(=O)N(C)C)n1. The molecule has 0 saturated carbocycles. The zero-order chi connectivity index (χ0) is 16.8. The molecule has 0 aliphatic rings. The molecule has 1 N–H and O–H groups in total. The standard InChI is InChI=1S/C16H22N4O3/c1-11(17-2)9-14-18-16(23-19-14)12-7-5-6-8-13(12)22-10-15(21)20(3)4/h5-8,11,17H,9-10H2,1-4H3. The topological polar surface area (TPSA) is 80.5 Å². The summed E-state index contributed by atoms with van der Waals surface area (Å²) in [5, 5.41) is 7.12. The molecule has 0 aliphatic heterocycles. The molecule has 0 spiro atoms. The number of carbonyl (C=O) groups is 1. The van der Waals surface area contributed by atoms with Gasteiger partial charge in [0.05, 0.1) is 5.56 Å². The van der Waals surface area contributed by atoms with E-state index in [-0.39, 0.29) is 18.6 Å². The van der Waals surface area contributed by atoms with E-state index in [1.165, 1.54) is 4.90 Å². The molecule has 1 unspecified atom stereocenters. The van der Waals surface area contributed by atoms with E-state index < -0.39 is 0 Å². The van der Waals surface area contributed by atoms with Gasteiger partial charge < -0.3 is 19.5 Å². The van der Waals surface area contributed by atoms with Crippen molar-refractivity contribution in [1.29, 1.82) is 0 Å². The van der Waals surface area contributed by atoms with Crippen molar-refractivity contribution in [3.63, 3.8) is 0 Å². The Morgan fingerprint density at radius 3 is 2.83 bits per heavy atom. The summed E-state index contributed by atoms with van der Waals surface area (Å²) >= 11 is 0. The number of likely N-dealkylation sites (N-methyl/N-ethyl adjacent to an activating group) is 2. The first kappa shape index (κ1) is 17.0. The van der Waals surface area contributed by atoms with Crippen LogP contribution in [0.15, 0.2) is 28.8 Å². The lowest BCUT2D eigenvalue weighted by atomic mass is 10.2. The van der Waals surface area contributed by atoms with Crippen molar-refractivity contribution >= 4 is 5.91 Å². The number of aromatic nitrogens is 2. The van der Waals surface area contributed by atoms with Crippen molar-refractivity contribution in [3.8, 4) is 17.2 Å². The molecule has 23 heavy (non-hydrogen) atoms. The lowest BCUT2D eigenvalue weighted by Gasteiger charge is -2.12. The molecular weight excluding hydrogens is 296 g/mol. The molecule has 0 fully saturated rings. The molecule has 1 aromatic heterocycles. The predicted molar refractivity (Wildman–Crippen MR) is 86.1 cm³/mol. The van der Waals surface area contributed by atoms with Crippen LogP contribution in [-0.4, -0.2) is 54.7 Å². The highest BCUT2D eigenvalue weighted by atomic mass is 16.5. The summed E-state index contributed by atoms with van der Waals surface area (Å²) < 4.78 is 10.9. The minimum Gasteiger partial charge on any atom is -0.483 e. The normalized spacial score (nSPS) is 12.0. The van der Waals surface area contributed by atoms with Crippen LogP contribution in [0, 0.1) is 0 Å². The molecule has 7 heteroatoms. The molecule has 0 radical (unpaired) electrons. The Balaban J connectivity index is 2.15. The van der Waals surface area contributed by atoms with Crippen molar-refractivity contribution in [1.82, 2.24) is 20.4 Å². The second-order valence-corrected chi connectivity index (χ2v) is 5.48. The first-order valence-corrected chi connectivity index (χ1v) is 7.43. The van der Waals surface area contributed by atoms with Gasteiger partial charge >= 0.3 is 0 Å². The molecule has 0 aliphatic carbocycles. The molecule has 7 nitrogen and oxygen atoms in total. The minimum absolute atomic E-state index is 0.0399. The average Bonchev–Trinajstić information content (AvgIpc) is 3.00. The van der Waals surface area contributed by atoms with Gasteiger partial charge in [-0.15, -0.1) is 0 Å². The van der Waals surface area contributed by atoms with Gasteiger partial charge in [0.2, 0.25) is 0 Å². The number of amides is 1. The number of ether oxygens (including phenoxy) is 1. The van der Waals surface area contributed by atoms with E-state index in [1.54, 1.807) is 20.2 Å². The summed E-state index contributed by atoms with van der Waals surface area (Å²) in [7, 11) is 5.26. The summed E-state index contributed by atoms with van der Waals surface area (Å²) in [6.07, 6.45) is 0.669. The number of nitrogens with zero attached hydrogens (tertiary/aromatic N) is 3. The largest absolute Gasteiger partial charge is 0.483 e. The Hall–Kier alpha value is -2.41. The van der Waals surface area contributed by atoms with Gasteiger partial charge in [-0.25, -0.2) is 0 Å². The molecule has 1 atom stereocenters. The van der Waals surface area contributed by atoms with Crippen molar-refractivity contribution in [2.75, 3.05) is 27.7 Å². The van der Waals surface area contributed by atoms with Gasteiger partial charge in [0.1, 0.15) is 5.75 Å². The smallest absolute Gasteiger partial charge is 0.261 e. The van der Waals surface area contributed by atoms with Gasteiger partial charge in [0.15, 0.2) is 12.4 Å². The third-order valence-electron chi connectivity index (χ3n) is 3.42. The van der Waals surface area contributed by atoms with E-state index >= 15 is 0 Å². The maximum atomic E-state index is 11.7. The van der Waals surface area contributed by atoms with Crippen molar-refractivity contribution in [3.05, 3.63) is 30.1 Å². The molecule has 2 aromatic rings. The highest BCUT2D eigenvalue weighted by Gasteiger charge is 2.16. The monoisotopic (exact) mass is 318 g/mol. The summed E-state index contributed by atoms with van der Waals surface area (Å²) in [5.74, 6) is 1.44. The predicted octanol–water partition coefficient (Wildman–Crippen LogP) is 1.35. The third-order valence-corrected chi connectivity index (χ3v) is 3.42. The Morgan fingerprint density at radius 2 is 2.13 bits per heavy atom. The number of nitrogens with one attached hydrogen (secondary N) is 1. The van der Waals surface area contributed by atoms with Gasteiger partial charge in [-0.1, -0.05) is 17.3 Å². The third kappa shape index (κ3) is 4.53. The second kappa shape index (κ2) is 7.73. The first-order valence-electron chi connectivity index (χ1n) is 7.43. The van der Waals surface area contributed by atoms with Gasteiger partial charge in [-0.05, 0) is 26.1 Å². The molecule has 0 saturated heterocycles. The van der Waals surface area contributed by atoms with E-state index in [0.29, 0.717) is 29.4 Å². The van der Waals surface area contributed by atoms with Crippen molar-refractivity contribution < 1.29 is 14.1 Å². The van der Waals surface area contributed by atoms with Crippen LogP contribution in [0.1, 0.15) is 12.7 Å². The maximum Gasteiger partial charge on any atom is 0.261 e. The number of rotatable bonds is 7. The Bertz CT molecular complexity index is 654. The minimum atomic E-state index is -0.117. The van der Waals surface area contributed by atoms with Crippen LogP contribution >= 0.6 is 0 Å². The number of benzene rings is 1. The van der Waals surface area contributed by atoms with Gasteiger partial charge in [-0.3, -0.25) is 4.79 Å². The Morgan fingerprint density at radius 1 is 1.39 bits per heavy atom. The summed E-state index contributed by atoms with van der Waals surface area (Å²) in [6.45, 7) is 2.00. The maximum absolute atomic E-state index is 11.7. The number of hydrogen-bond donors (Lipinski definition) is 1. The molecule has 1 aromatic carbocycles.